The number of aliphatic imine (C=N–C) groups is 1. The highest BCUT2D eigenvalue weighted by Gasteiger charge is 2.13. The van der Waals surface area contributed by atoms with Crippen molar-refractivity contribution in [3.05, 3.63) is 78.0 Å². The molecule has 0 saturated heterocycles. The molecular formula is C23H18N4. The van der Waals surface area contributed by atoms with Crippen molar-refractivity contribution in [2.75, 3.05) is 11.9 Å². The normalized spacial score (nSPS) is 12.9. The van der Waals surface area contributed by atoms with Crippen molar-refractivity contribution in [2.24, 2.45) is 10.7 Å². The van der Waals surface area contributed by atoms with Gasteiger partial charge in [0.2, 0.25) is 5.96 Å². The fourth-order valence-corrected chi connectivity index (χ4v) is 3.60. The number of nitrogens with zero attached hydrogens (tertiary/aromatic N) is 3. The van der Waals surface area contributed by atoms with Gasteiger partial charge in [0, 0.05) is 29.7 Å². The van der Waals surface area contributed by atoms with E-state index in [0.717, 1.165) is 27.7 Å². The first-order valence-corrected chi connectivity index (χ1v) is 8.87. The van der Waals surface area contributed by atoms with E-state index in [0.29, 0.717) is 5.96 Å². The molecule has 4 nitrogen and oxygen atoms in total. The van der Waals surface area contributed by atoms with Crippen LogP contribution in [0.3, 0.4) is 0 Å². The highest BCUT2D eigenvalue weighted by Crippen LogP contribution is 2.36. The van der Waals surface area contributed by atoms with E-state index in [2.05, 4.69) is 47.5 Å². The van der Waals surface area contributed by atoms with Gasteiger partial charge in [-0.3, -0.25) is 4.98 Å². The van der Waals surface area contributed by atoms with Gasteiger partial charge in [-0.2, -0.15) is 0 Å². The lowest BCUT2D eigenvalue weighted by molar-refractivity contribution is 1.22. The molecule has 0 atom stereocenters. The van der Waals surface area contributed by atoms with E-state index in [1.807, 2.05) is 42.3 Å². The molecule has 1 heterocycles. The van der Waals surface area contributed by atoms with Crippen LogP contribution < -0.4 is 10.6 Å². The third-order valence-corrected chi connectivity index (χ3v) is 5.08. The van der Waals surface area contributed by atoms with Crippen molar-refractivity contribution in [2.45, 2.75) is 0 Å². The van der Waals surface area contributed by atoms with E-state index in [4.69, 9.17) is 10.7 Å². The monoisotopic (exact) mass is 350 g/mol. The summed E-state index contributed by atoms with van der Waals surface area (Å²) < 4.78 is 0. The minimum absolute atomic E-state index is 0.449. The first kappa shape index (κ1) is 15.6. The first-order valence-electron chi connectivity index (χ1n) is 8.87. The van der Waals surface area contributed by atoms with Crippen molar-refractivity contribution in [3.8, 4) is 0 Å². The number of pyridine rings is 1. The first-order chi connectivity index (χ1) is 13.2. The minimum atomic E-state index is 0.449. The predicted molar refractivity (Wildman–Crippen MR) is 114 cm³/mol. The van der Waals surface area contributed by atoms with Gasteiger partial charge in [-0.05, 0) is 46.8 Å². The van der Waals surface area contributed by atoms with Crippen LogP contribution in [-0.4, -0.2) is 18.0 Å². The van der Waals surface area contributed by atoms with Crippen molar-refractivity contribution in [3.63, 3.8) is 0 Å². The standard InChI is InChI=1S/C23H18N4/c1-27(18-10-12-20-17(14-18)5-3-13-25-20)23(24)26-21-11-9-16-8-7-15-4-2-6-19(21)22(15)16/h2-14H,1H3,(H2,24,26). The fourth-order valence-electron chi connectivity index (χ4n) is 3.60. The average molecular weight is 350 g/mol. The van der Waals surface area contributed by atoms with Gasteiger partial charge in [-0.25, -0.2) is 4.99 Å². The Bertz CT molecular complexity index is 1240. The van der Waals surface area contributed by atoms with Gasteiger partial charge >= 0.3 is 0 Å². The number of hydrogen-bond donors (Lipinski definition) is 1. The lowest BCUT2D eigenvalue weighted by Gasteiger charge is -2.19. The minimum Gasteiger partial charge on any atom is -0.369 e. The molecule has 1 aromatic heterocycles. The average Bonchev–Trinajstić information content (AvgIpc) is 3.14. The quantitative estimate of drug-likeness (QED) is 0.362. The molecule has 1 aliphatic carbocycles. The summed E-state index contributed by atoms with van der Waals surface area (Å²) in [5.41, 5.74) is 11.6. The molecule has 0 bridgehead atoms. The summed E-state index contributed by atoms with van der Waals surface area (Å²) in [5, 5.41) is 3.44. The van der Waals surface area contributed by atoms with Gasteiger partial charge in [0.25, 0.3) is 0 Å². The number of fused-ring (bicyclic) bond motifs is 1. The van der Waals surface area contributed by atoms with Crippen molar-refractivity contribution in [1.82, 2.24) is 4.98 Å². The molecule has 4 heteroatoms. The smallest absolute Gasteiger partial charge is 0.200 e. The van der Waals surface area contributed by atoms with E-state index >= 15 is 0 Å². The molecule has 0 radical (unpaired) electrons. The maximum Gasteiger partial charge on any atom is 0.200 e. The Hall–Kier alpha value is -3.66. The predicted octanol–water partition coefficient (Wildman–Crippen LogP) is 4.95. The Labute approximate surface area is 157 Å². The second-order valence-corrected chi connectivity index (χ2v) is 6.69. The zero-order valence-electron chi connectivity index (χ0n) is 14.9. The number of anilines is 1. The van der Waals surface area contributed by atoms with Crippen LogP contribution >= 0.6 is 0 Å². The summed E-state index contributed by atoms with van der Waals surface area (Å²) in [7, 11) is 1.93. The largest absolute Gasteiger partial charge is 0.369 e. The van der Waals surface area contributed by atoms with Crippen LogP contribution in [0, 0.1) is 0 Å². The third kappa shape index (κ3) is 2.54. The molecule has 130 valence electrons. The Morgan fingerprint density at radius 3 is 2.70 bits per heavy atom. The number of hydrogen-bond acceptors (Lipinski definition) is 2. The second kappa shape index (κ2) is 5.95. The summed E-state index contributed by atoms with van der Waals surface area (Å²) in [6.07, 6.45) is 6.08. The Morgan fingerprint density at radius 2 is 1.81 bits per heavy atom. The highest BCUT2D eigenvalue weighted by atomic mass is 15.2. The van der Waals surface area contributed by atoms with Gasteiger partial charge in [0.15, 0.2) is 0 Å². The molecule has 2 N–H and O–H groups in total. The molecule has 27 heavy (non-hydrogen) atoms. The van der Waals surface area contributed by atoms with Gasteiger partial charge in [0.05, 0.1) is 11.2 Å². The summed E-state index contributed by atoms with van der Waals surface area (Å²) in [6.45, 7) is 0. The van der Waals surface area contributed by atoms with E-state index in [-0.39, 0.29) is 0 Å². The lowest BCUT2D eigenvalue weighted by atomic mass is 10.0. The zero-order valence-corrected chi connectivity index (χ0v) is 14.9. The van der Waals surface area contributed by atoms with Crippen LogP contribution in [0.5, 0.6) is 0 Å². The summed E-state index contributed by atoms with van der Waals surface area (Å²) in [6, 6.07) is 20.5. The van der Waals surface area contributed by atoms with Gasteiger partial charge in [-0.1, -0.05) is 42.5 Å². The molecule has 4 aromatic rings. The summed E-state index contributed by atoms with van der Waals surface area (Å²) in [4.78, 5) is 11.0. The molecule has 3 aromatic carbocycles. The fraction of sp³-hybridized carbons (Fsp3) is 0.0435. The number of aromatic nitrogens is 1. The topological polar surface area (TPSA) is 54.5 Å². The van der Waals surface area contributed by atoms with Crippen LogP contribution in [-0.2, 0) is 0 Å². The van der Waals surface area contributed by atoms with Crippen molar-refractivity contribution in [1.29, 1.82) is 0 Å². The number of benzene rings is 3. The van der Waals surface area contributed by atoms with Crippen LogP contribution in [0.1, 0.15) is 11.1 Å². The molecule has 0 fully saturated rings. The van der Waals surface area contributed by atoms with E-state index in [1.54, 1.807) is 6.20 Å². The summed E-state index contributed by atoms with van der Waals surface area (Å²) in [5.74, 6) is 0.449. The van der Waals surface area contributed by atoms with Crippen LogP contribution in [0.2, 0.25) is 0 Å². The van der Waals surface area contributed by atoms with Gasteiger partial charge in [0.1, 0.15) is 0 Å². The maximum atomic E-state index is 6.35. The number of nitrogens with two attached hydrogens (primary N) is 1. The molecule has 0 amide bonds. The Morgan fingerprint density at radius 1 is 0.963 bits per heavy atom. The van der Waals surface area contributed by atoms with Crippen molar-refractivity contribution < 1.29 is 0 Å². The molecular weight excluding hydrogens is 332 g/mol. The lowest BCUT2D eigenvalue weighted by Crippen LogP contribution is -2.33. The second-order valence-electron chi connectivity index (χ2n) is 6.69. The highest BCUT2D eigenvalue weighted by molar-refractivity contribution is 6.10. The molecule has 0 unspecified atom stereocenters. The molecule has 0 spiro atoms. The molecule has 0 aliphatic heterocycles. The maximum absolute atomic E-state index is 6.35. The third-order valence-electron chi connectivity index (χ3n) is 5.08. The molecule has 0 saturated carbocycles. The summed E-state index contributed by atoms with van der Waals surface area (Å²) >= 11 is 0. The SMILES string of the molecule is CN(C(N)=Nc1ccc2c3c(cccc13)C=C2)c1ccc2ncccc2c1. The van der Waals surface area contributed by atoms with Gasteiger partial charge in [-0.15, -0.1) is 0 Å². The van der Waals surface area contributed by atoms with Gasteiger partial charge < -0.3 is 10.6 Å². The van der Waals surface area contributed by atoms with Crippen molar-refractivity contribution >= 4 is 51.2 Å². The van der Waals surface area contributed by atoms with Crippen LogP contribution in [0.15, 0.2) is 71.9 Å². The van der Waals surface area contributed by atoms with Crippen LogP contribution in [0.25, 0.3) is 33.8 Å². The van der Waals surface area contributed by atoms with E-state index < -0.39 is 0 Å². The van der Waals surface area contributed by atoms with E-state index in [9.17, 15) is 0 Å². The number of guanidine groups is 1. The molecule has 5 rings (SSSR count). The number of rotatable bonds is 2. The van der Waals surface area contributed by atoms with Crippen LogP contribution in [0.4, 0.5) is 11.4 Å². The Kier molecular flexibility index (Phi) is 3.44. The molecule has 1 aliphatic rings. The zero-order chi connectivity index (χ0) is 18.4. The van der Waals surface area contributed by atoms with E-state index in [1.165, 1.54) is 16.5 Å². The Balaban J connectivity index is 1.56.